The second-order valence-electron chi connectivity index (χ2n) is 5.62. The molecule has 2 N–H and O–H groups in total. The standard InChI is InChI=1S/C19H15ClIN3O4S/c1-27-14-6-4-11(20)9-12(14)17-22-19(24-23-17)29-16(18(25)26)8-10-3-5-15(28-2)13(21)7-10/h3-9H,1-2H3,(H,25,26)(H,22,23,24)/b16-8-. The van der Waals surface area contributed by atoms with Crippen molar-refractivity contribution in [1.82, 2.24) is 15.2 Å². The van der Waals surface area contributed by atoms with Crippen LogP contribution in [0.3, 0.4) is 0 Å². The van der Waals surface area contributed by atoms with E-state index in [9.17, 15) is 9.90 Å². The number of rotatable bonds is 7. The van der Waals surface area contributed by atoms with Gasteiger partial charge < -0.3 is 14.6 Å². The van der Waals surface area contributed by atoms with E-state index in [1.54, 1.807) is 50.6 Å². The van der Waals surface area contributed by atoms with E-state index in [-0.39, 0.29) is 10.1 Å². The van der Waals surface area contributed by atoms with Gasteiger partial charge in [-0.3, -0.25) is 5.10 Å². The fourth-order valence-corrected chi connectivity index (χ4v) is 4.07. The summed E-state index contributed by atoms with van der Waals surface area (Å²) in [4.78, 5) is 16.2. The van der Waals surface area contributed by atoms with E-state index in [1.807, 2.05) is 6.07 Å². The lowest BCUT2D eigenvalue weighted by Crippen LogP contribution is -1.97. The second-order valence-corrected chi connectivity index (χ2v) is 8.23. The van der Waals surface area contributed by atoms with E-state index in [0.29, 0.717) is 22.2 Å². The van der Waals surface area contributed by atoms with E-state index in [1.165, 1.54) is 0 Å². The molecule has 10 heteroatoms. The quantitative estimate of drug-likeness (QED) is 0.247. The number of hydrogen-bond acceptors (Lipinski definition) is 6. The fourth-order valence-electron chi connectivity index (χ4n) is 2.43. The molecule has 3 aromatic rings. The second kappa shape index (κ2) is 9.51. The normalized spacial score (nSPS) is 11.4. The Morgan fingerprint density at radius 2 is 1.93 bits per heavy atom. The lowest BCUT2D eigenvalue weighted by atomic mass is 10.2. The summed E-state index contributed by atoms with van der Waals surface area (Å²) in [5, 5.41) is 17.3. The number of thioether (sulfide) groups is 1. The zero-order valence-corrected chi connectivity index (χ0v) is 19.0. The molecule has 0 aliphatic carbocycles. The molecular formula is C19H15ClIN3O4S. The van der Waals surface area contributed by atoms with Crippen molar-refractivity contribution in [2.75, 3.05) is 14.2 Å². The van der Waals surface area contributed by atoms with Crippen molar-refractivity contribution in [3.8, 4) is 22.9 Å². The van der Waals surface area contributed by atoms with E-state index >= 15 is 0 Å². The van der Waals surface area contributed by atoms with E-state index in [4.69, 9.17) is 21.1 Å². The van der Waals surface area contributed by atoms with E-state index in [2.05, 4.69) is 37.8 Å². The number of carboxylic acids is 1. The summed E-state index contributed by atoms with van der Waals surface area (Å²) in [5.41, 5.74) is 1.36. The molecule has 0 unspecified atom stereocenters. The summed E-state index contributed by atoms with van der Waals surface area (Å²) in [6, 6.07) is 10.5. The number of nitrogens with one attached hydrogen (secondary N) is 1. The van der Waals surface area contributed by atoms with Crippen molar-refractivity contribution in [3.63, 3.8) is 0 Å². The molecule has 0 saturated carbocycles. The first kappa shape index (κ1) is 21.5. The Kier molecular flexibility index (Phi) is 7.04. The zero-order valence-electron chi connectivity index (χ0n) is 15.3. The molecule has 0 aliphatic heterocycles. The minimum atomic E-state index is -1.08. The van der Waals surface area contributed by atoms with Gasteiger partial charge in [-0.05, 0) is 76.3 Å². The van der Waals surface area contributed by atoms with Gasteiger partial charge in [0.25, 0.3) is 0 Å². The van der Waals surface area contributed by atoms with Crippen LogP contribution < -0.4 is 9.47 Å². The first-order valence-corrected chi connectivity index (χ1v) is 10.4. The van der Waals surface area contributed by atoms with Crippen LogP contribution in [0.15, 0.2) is 46.5 Å². The molecule has 1 aromatic heterocycles. The molecule has 0 saturated heterocycles. The maximum absolute atomic E-state index is 11.7. The number of hydrogen-bond donors (Lipinski definition) is 2. The molecule has 7 nitrogen and oxygen atoms in total. The number of aliphatic carboxylic acids is 1. The monoisotopic (exact) mass is 543 g/mol. The van der Waals surface area contributed by atoms with E-state index < -0.39 is 5.97 Å². The summed E-state index contributed by atoms with van der Waals surface area (Å²) in [6.45, 7) is 0. The number of methoxy groups -OCH3 is 2. The molecule has 0 atom stereocenters. The Bertz CT molecular complexity index is 1090. The van der Waals surface area contributed by atoms with Gasteiger partial charge in [-0.15, -0.1) is 5.10 Å². The first-order valence-electron chi connectivity index (χ1n) is 8.14. The molecule has 0 radical (unpaired) electrons. The fraction of sp³-hybridized carbons (Fsp3) is 0.105. The molecule has 0 amide bonds. The summed E-state index contributed by atoms with van der Waals surface area (Å²) < 4.78 is 11.4. The maximum atomic E-state index is 11.7. The SMILES string of the molecule is COc1ccc(/C=C(\Sc2n[nH]c(-c3cc(Cl)ccc3OC)n2)C(=O)O)cc1I. The minimum absolute atomic E-state index is 0.0783. The predicted octanol–water partition coefficient (Wildman–Crippen LogP) is 4.96. The van der Waals surface area contributed by atoms with Gasteiger partial charge in [-0.25, -0.2) is 9.78 Å². The van der Waals surface area contributed by atoms with Gasteiger partial charge in [0.1, 0.15) is 16.4 Å². The molecular weight excluding hydrogens is 529 g/mol. The third-order valence-corrected chi connectivity index (χ3v) is 5.72. The highest BCUT2D eigenvalue weighted by atomic mass is 127. The summed E-state index contributed by atoms with van der Waals surface area (Å²) in [5.74, 6) is 0.647. The van der Waals surface area contributed by atoms with Crippen LogP contribution in [0.1, 0.15) is 5.56 Å². The Morgan fingerprint density at radius 3 is 2.59 bits per heavy atom. The highest BCUT2D eigenvalue weighted by Crippen LogP contribution is 2.33. The summed E-state index contributed by atoms with van der Waals surface area (Å²) in [6.07, 6.45) is 1.56. The number of halogens is 2. The third kappa shape index (κ3) is 5.22. The van der Waals surface area contributed by atoms with E-state index in [0.717, 1.165) is 26.6 Å². The van der Waals surface area contributed by atoms with Gasteiger partial charge >= 0.3 is 5.97 Å². The summed E-state index contributed by atoms with van der Waals surface area (Å²) >= 11 is 9.13. The number of aromatic amines is 1. The van der Waals surface area contributed by atoms with Gasteiger partial charge in [-0.2, -0.15) is 0 Å². The number of ether oxygens (including phenoxy) is 2. The van der Waals surface area contributed by atoms with Gasteiger partial charge in [0.05, 0.1) is 23.4 Å². The number of carboxylic acid groups (broad SMARTS) is 1. The Balaban J connectivity index is 1.89. The number of H-pyrrole nitrogens is 1. The molecule has 0 bridgehead atoms. The van der Waals surface area contributed by atoms with Crippen molar-refractivity contribution < 1.29 is 19.4 Å². The van der Waals surface area contributed by atoms with Crippen LogP contribution in [0, 0.1) is 3.57 Å². The van der Waals surface area contributed by atoms with Crippen LogP contribution in [0.4, 0.5) is 0 Å². The predicted molar refractivity (Wildman–Crippen MR) is 121 cm³/mol. The Morgan fingerprint density at radius 1 is 1.21 bits per heavy atom. The zero-order chi connectivity index (χ0) is 21.0. The van der Waals surface area contributed by atoms with Gasteiger partial charge in [-0.1, -0.05) is 17.7 Å². The smallest absolute Gasteiger partial charge is 0.342 e. The summed E-state index contributed by atoms with van der Waals surface area (Å²) in [7, 11) is 3.13. The van der Waals surface area contributed by atoms with Crippen LogP contribution in [0.2, 0.25) is 5.02 Å². The van der Waals surface area contributed by atoms with Gasteiger partial charge in [0.2, 0.25) is 5.16 Å². The Hall–Kier alpha value is -2.24. The molecule has 0 aliphatic rings. The average Bonchev–Trinajstić information content (AvgIpc) is 3.16. The topological polar surface area (TPSA) is 97.3 Å². The highest BCUT2D eigenvalue weighted by molar-refractivity contribution is 14.1. The van der Waals surface area contributed by atoms with Crippen LogP contribution in [0.5, 0.6) is 11.5 Å². The maximum Gasteiger partial charge on any atom is 0.342 e. The van der Waals surface area contributed by atoms with Crippen molar-refractivity contribution in [2.24, 2.45) is 0 Å². The highest BCUT2D eigenvalue weighted by Gasteiger charge is 2.16. The van der Waals surface area contributed by atoms with Crippen molar-refractivity contribution >= 4 is 58.0 Å². The molecule has 29 heavy (non-hydrogen) atoms. The van der Waals surface area contributed by atoms with Crippen molar-refractivity contribution in [3.05, 3.63) is 55.5 Å². The first-order chi connectivity index (χ1) is 13.9. The molecule has 0 spiro atoms. The minimum Gasteiger partial charge on any atom is -0.496 e. The molecule has 150 valence electrons. The third-order valence-electron chi connectivity index (χ3n) is 3.77. The van der Waals surface area contributed by atoms with Crippen LogP contribution in [-0.2, 0) is 4.79 Å². The molecule has 3 rings (SSSR count). The number of aromatic nitrogens is 3. The molecule has 2 aromatic carbocycles. The lowest BCUT2D eigenvalue weighted by molar-refractivity contribution is -0.131. The van der Waals surface area contributed by atoms with Crippen molar-refractivity contribution in [1.29, 1.82) is 0 Å². The molecule has 0 fully saturated rings. The lowest BCUT2D eigenvalue weighted by Gasteiger charge is -2.05. The number of nitrogens with zero attached hydrogens (tertiary/aromatic N) is 2. The van der Waals surface area contributed by atoms with Crippen molar-refractivity contribution in [2.45, 2.75) is 5.16 Å². The Labute approximate surface area is 189 Å². The van der Waals surface area contributed by atoms with Gasteiger partial charge in [0.15, 0.2) is 5.82 Å². The largest absolute Gasteiger partial charge is 0.496 e. The average molecular weight is 544 g/mol. The van der Waals surface area contributed by atoms with Crippen LogP contribution in [-0.4, -0.2) is 40.5 Å². The van der Waals surface area contributed by atoms with Crippen LogP contribution in [0.25, 0.3) is 17.5 Å². The number of carbonyl (C=O) groups is 1. The number of benzene rings is 2. The molecule has 1 heterocycles. The van der Waals surface area contributed by atoms with Crippen LogP contribution >= 0.6 is 46.0 Å². The van der Waals surface area contributed by atoms with Gasteiger partial charge in [0, 0.05) is 5.02 Å².